The summed E-state index contributed by atoms with van der Waals surface area (Å²) in [7, 11) is 1.58. The van der Waals surface area contributed by atoms with E-state index in [0.29, 0.717) is 17.0 Å². The lowest BCUT2D eigenvalue weighted by Crippen LogP contribution is -2.30. The zero-order valence-corrected chi connectivity index (χ0v) is 15.4. The molecule has 0 aromatic heterocycles. The highest BCUT2D eigenvalue weighted by Crippen LogP contribution is 2.23. The molecule has 0 heterocycles. The Kier molecular flexibility index (Phi) is 6.89. The molecule has 0 spiro atoms. The summed E-state index contributed by atoms with van der Waals surface area (Å²) in [6, 6.07) is 14.5. The lowest BCUT2D eigenvalue weighted by atomic mass is 10.2. The van der Waals surface area contributed by atoms with Gasteiger partial charge in [-0.05, 0) is 38.1 Å². The molecule has 0 radical (unpaired) electrons. The summed E-state index contributed by atoms with van der Waals surface area (Å²) in [4.78, 5) is 25.2. The van der Waals surface area contributed by atoms with Crippen LogP contribution in [0.25, 0.3) is 0 Å². The number of carbonyl (C=O) groups excluding carboxylic acids is 2. The Bertz CT molecular complexity index is 747. The number of rotatable bonds is 7. The highest BCUT2D eigenvalue weighted by atomic mass is 32.2. The van der Waals surface area contributed by atoms with Crippen LogP contribution in [-0.2, 0) is 4.79 Å². The number of nitrogens with one attached hydrogen (secondary N) is 2. The van der Waals surface area contributed by atoms with Gasteiger partial charge in [0.2, 0.25) is 5.91 Å². The van der Waals surface area contributed by atoms with Crippen LogP contribution < -0.4 is 15.4 Å². The van der Waals surface area contributed by atoms with E-state index in [1.54, 1.807) is 25.3 Å². The minimum absolute atomic E-state index is 0.0573. The predicted molar refractivity (Wildman–Crippen MR) is 101 cm³/mol. The number of ether oxygens (including phenoxy) is 1. The van der Waals surface area contributed by atoms with Crippen molar-refractivity contribution in [2.45, 2.75) is 24.8 Å². The zero-order valence-electron chi connectivity index (χ0n) is 14.5. The largest absolute Gasteiger partial charge is 0.497 e. The summed E-state index contributed by atoms with van der Waals surface area (Å²) in [5.74, 6) is 0.619. The Morgan fingerprint density at radius 1 is 1.12 bits per heavy atom. The van der Waals surface area contributed by atoms with Gasteiger partial charge in [-0.15, -0.1) is 11.8 Å². The van der Waals surface area contributed by atoms with Gasteiger partial charge in [0, 0.05) is 22.7 Å². The van der Waals surface area contributed by atoms with E-state index in [1.807, 2.05) is 44.2 Å². The zero-order chi connectivity index (χ0) is 18.2. The molecule has 25 heavy (non-hydrogen) atoms. The Labute approximate surface area is 152 Å². The Morgan fingerprint density at radius 3 is 2.60 bits per heavy atom. The van der Waals surface area contributed by atoms with Crippen LogP contribution in [-0.4, -0.2) is 30.7 Å². The number of benzene rings is 2. The van der Waals surface area contributed by atoms with E-state index in [-0.39, 0.29) is 23.6 Å². The summed E-state index contributed by atoms with van der Waals surface area (Å²) in [6.45, 7) is 3.82. The van der Waals surface area contributed by atoms with Crippen LogP contribution in [0, 0.1) is 0 Å². The second-order valence-electron chi connectivity index (χ2n) is 5.69. The van der Waals surface area contributed by atoms with E-state index in [9.17, 15) is 9.59 Å². The molecule has 0 aliphatic carbocycles. The molecule has 6 heteroatoms. The highest BCUT2D eigenvalue weighted by Gasteiger charge is 2.13. The molecule has 2 amide bonds. The van der Waals surface area contributed by atoms with Crippen molar-refractivity contribution in [2.75, 3.05) is 18.2 Å². The van der Waals surface area contributed by atoms with Crippen molar-refractivity contribution in [2.24, 2.45) is 0 Å². The molecule has 2 N–H and O–H groups in total. The lowest BCUT2D eigenvalue weighted by molar-refractivity contribution is -0.113. The first kappa shape index (κ1) is 18.9. The normalized spacial score (nSPS) is 10.4. The Morgan fingerprint density at radius 2 is 1.88 bits per heavy atom. The quantitative estimate of drug-likeness (QED) is 0.743. The molecule has 2 aromatic carbocycles. The van der Waals surface area contributed by atoms with E-state index in [1.165, 1.54) is 11.8 Å². The van der Waals surface area contributed by atoms with Crippen LogP contribution in [0.1, 0.15) is 24.2 Å². The number of anilines is 1. The fourth-order valence-electron chi connectivity index (χ4n) is 2.16. The van der Waals surface area contributed by atoms with Crippen molar-refractivity contribution in [1.29, 1.82) is 0 Å². The summed E-state index contributed by atoms with van der Waals surface area (Å²) in [5, 5.41) is 5.70. The number of amides is 2. The lowest BCUT2D eigenvalue weighted by Gasteiger charge is -2.12. The average molecular weight is 358 g/mol. The molecule has 0 aliphatic rings. The third-order valence-electron chi connectivity index (χ3n) is 3.26. The third kappa shape index (κ3) is 5.83. The van der Waals surface area contributed by atoms with Gasteiger partial charge in [0.15, 0.2) is 0 Å². The standard InChI is InChI=1S/C19H22N2O3S/c1-13(2)20-19(23)16-9-4-5-10-17(16)25-12-18(22)21-14-7-6-8-15(11-14)24-3/h4-11,13H,12H2,1-3H3,(H,20,23)(H,21,22). The fraction of sp³-hybridized carbons (Fsp3) is 0.263. The van der Waals surface area contributed by atoms with Gasteiger partial charge in [-0.2, -0.15) is 0 Å². The van der Waals surface area contributed by atoms with Crippen molar-refractivity contribution >= 4 is 29.3 Å². The number of hydrogen-bond donors (Lipinski definition) is 2. The van der Waals surface area contributed by atoms with E-state index in [2.05, 4.69) is 10.6 Å². The monoisotopic (exact) mass is 358 g/mol. The van der Waals surface area contributed by atoms with Crippen molar-refractivity contribution in [3.05, 3.63) is 54.1 Å². The second kappa shape index (κ2) is 9.13. The number of hydrogen-bond acceptors (Lipinski definition) is 4. The van der Waals surface area contributed by atoms with Crippen LogP contribution >= 0.6 is 11.8 Å². The molecule has 2 rings (SSSR count). The van der Waals surface area contributed by atoms with Gasteiger partial charge < -0.3 is 15.4 Å². The molecule has 0 saturated heterocycles. The SMILES string of the molecule is COc1cccc(NC(=O)CSc2ccccc2C(=O)NC(C)C)c1. The summed E-state index contributed by atoms with van der Waals surface area (Å²) in [5.41, 5.74) is 1.26. The van der Waals surface area contributed by atoms with Crippen molar-refractivity contribution in [1.82, 2.24) is 5.32 Å². The van der Waals surface area contributed by atoms with Crippen molar-refractivity contribution < 1.29 is 14.3 Å². The first-order valence-electron chi connectivity index (χ1n) is 7.96. The van der Waals surface area contributed by atoms with Gasteiger partial charge in [0.1, 0.15) is 5.75 Å². The van der Waals surface area contributed by atoms with Crippen molar-refractivity contribution in [3.8, 4) is 5.75 Å². The van der Waals surface area contributed by atoms with Gasteiger partial charge in [0.25, 0.3) is 5.91 Å². The maximum absolute atomic E-state index is 12.2. The van der Waals surface area contributed by atoms with Gasteiger partial charge in [-0.3, -0.25) is 9.59 Å². The number of methoxy groups -OCH3 is 1. The molecule has 0 saturated carbocycles. The second-order valence-corrected chi connectivity index (χ2v) is 6.71. The maximum Gasteiger partial charge on any atom is 0.252 e. The van der Waals surface area contributed by atoms with Crippen LogP contribution in [0.3, 0.4) is 0 Å². The minimum atomic E-state index is -0.141. The maximum atomic E-state index is 12.2. The fourth-order valence-corrected chi connectivity index (χ4v) is 3.01. The first-order valence-corrected chi connectivity index (χ1v) is 8.94. The van der Waals surface area contributed by atoms with Crippen LogP contribution in [0.2, 0.25) is 0 Å². The van der Waals surface area contributed by atoms with E-state index >= 15 is 0 Å². The van der Waals surface area contributed by atoms with E-state index < -0.39 is 0 Å². The molecule has 0 fully saturated rings. The predicted octanol–water partition coefficient (Wildman–Crippen LogP) is 3.56. The summed E-state index contributed by atoms with van der Waals surface area (Å²) in [6.07, 6.45) is 0. The summed E-state index contributed by atoms with van der Waals surface area (Å²) < 4.78 is 5.14. The van der Waals surface area contributed by atoms with Crippen molar-refractivity contribution in [3.63, 3.8) is 0 Å². The van der Waals surface area contributed by atoms with Gasteiger partial charge in [-0.1, -0.05) is 18.2 Å². The van der Waals surface area contributed by atoms with Crippen LogP contribution in [0.5, 0.6) is 5.75 Å². The molecule has 0 unspecified atom stereocenters. The van der Waals surface area contributed by atoms with E-state index in [0.717, 1.165) is 4.90 Å². The average Bonchev–Trinajstić information content (AvgIpc) is 2.59. The number of carbonyl (C=O) groups is 2. The molecule has 2 aromatic rings. The van der Waals surface area contributed by atoms with Gasteiger partial charge in [0.05, 0.1) is 18.4 Å². The third-order valence-corrected chi connectivity index (χ3v) is 4.34. The molecule has 0 atom stereocenters. The van der Waals surface area contributed by atoms with Gasteiger partial charge >= 0.3 is 0 Å². The smallest absolute Gasteiger partial charge is 0.252 e. The molecule has 5 nitrogen and oxygen atoms in total. The highest BCUT2D eigenvalue weighted by molar-refractivity contribution is 8.00. The van der Waals surface area contributed by atoms with Crippen LogP contribution in [0.15, 0.2) is 53.4 Å². The molecular formula is C19H22N2O3S. The molecule has 132 valence electrons. The molecular weight excluding hydrogens is 336 g/mol. The number of thioether (sulfide) groups is 1. The molecule has 0 bridgehead atoms. The first-order chi connectivity index (χ1) is 12.0. The van der Waals surface area contributed by atoms with Gasteiger partial charge in [-0.25, -0.2) is 0 Å². The minimum Gasteiger partial charge on any atom is -0.497 e. The Hall–Kier alpha value is -2.47. The van der Waals surface area contributed by atoms with E-state index in [4.69, 9.17) is 4.74 Å². The topological polar surface area (TPSA) is 67.4 Å². The summed E-state index contributed by atoms with van der Waals surface area (Å²) >= 11 is 1.34. The Balaban J connectivity index is 1.98. The molecule has 0 aliphatic heterocycles. The van der Waals surface area contributed by atoms with Crippen LogP contribution in [0.4, 0.5) is 5.69 Å².